The van der Waals surface area contributed by atoms with Gasteiger partial charge < -0.3 is 14.2 Å². The van der Waals surface area contributed by atoms with Crippen molar-refractivity contribution < 1.29 is 14.2 Å². The molecule has 4 atom stereocenters. The largest absolute Gasteiger partial charge is 0.370 e. The summed E-state index contributed by atoms with van der Waals surface area (Å²) in [5, 5.41) is 0. The predicted octanol–water partition coefficient (Wildman–Crippen LogP) is -0.449. The minimum absolute atomic E-state index is 0.258. The van der Waals surface area contributed by atoms with Crippen LogP contribution in [0.15, 0.2) is 0 Å². The molecule has 3 saturated heterocycles. The molecule has 4 bridgehead atoms. The second-order valence-electron chi connectivity index (χ2n) is 2.81. The van der Waals surface area contributed by atoms with Crippen molar-refractivity contribution in [3.8, 4) is 0 Å². The molecule has 50 valence electrons. The van der Waals surface area contributed by atoms with Gasteiger partial charge in [-0.3, -0.25) is 0 Å². The zero-order valence-electron chi connectivity index (χ0n) is 4.95. The lowest BCUT2D eigenvalue weighted by Crippen LogP contribution is -2.32. The summed E-state index contributed by atoms with van der Waals surface area (Å²) in [6, 6.07) is 0. The van der Waals surface area contributed by atoms with Gasteiger partial charge >= 0.3 is 0 Å². The average molecular weight is 128 g/mol. The second-order valence-corrected chi connectivity index (χ2v) is 2.81. The summed E-state index contributed by atoms with van der Waals surface area (Å²) < 4.78 is 16.3. The number of hydrogen-bond acceptors (Lipinski definition) is 3. The Hall–Kier alpha value is -0.120. The van der Waals surface area contributed by atoms with E-state index in [-0.39, 0.29) is 24.4 Å². The van der Waals surface area contributed by atoms with Gasteiger partial charge in [0.1, 0.15) is 24.4 Å². The van der Waals surface area contributed by atoms with Crippen LogP contribution in [0.1, 0.15) is 0 Å². The molecule has 3 heterocycles. The van der Waals surface area contributed by atoms with Crippen LogP contribution in [0.25, 0.3) is 0 Å². The highest BCUT2D eigenvalue weighted by Gasteiger charge is 2.56. The Morgan fingerprint density at radius 2 is 1.44 bits per heavy atom. The van der Waals surface area contributed by atoms with E-state index in [9.17, 15) is 0 Å². The van der Waals surface area contributed by atoms with Crippen molar-refractivity contribution in [2.75, 3.05) is 13.2 Å². The first-order chi connectivity index (χ1) is 4.45. The van der Waals surface area contributed by atoms with E-state index in [1.165, 1.54) is 0 Å². The van der Waals surface area contributed by atoms with Crippen LogP contribution in [0.3, 0.4) is 0 Å². The smallest absolute Gasteiger partial charge is 0.115 e. The molecular formula is C6H8O3. The molecule has 0 aromatic carbocycles. The Morgan fingerprint density at radius 3 is 1.78 bits per heavy atom. The lowest BCUT2D eigenvalue weighted by atomic mass is 10.2. The molecule has 3 rings (SSSR count). The molecule has 0 aliphatic carbocycles. The fourth-order valence-electron chi connectivity index (χ4n) is 1.89. The topological polar surface area (TPSA) is 27.7 Å². The van der Waals surface area contributed by atoms with Crippen LogP contribution >= 0.6 is 0 Å². The van der Waals surface area contributed by atoms with Crippen molar-refractivity contribution in [2.45, 2.75) is 24.4 Å². The first-order valence-corrected chi connectivity index (χ1v) is 3.34. The fourth-order valence-corrected chi connectivity index (χ4v) is 1.89. The normalized spacial score (nSPS) is 61.3. The third-order valence-electron chi connectivity index (χ3n) is 2.31. The summed E-state index contributed by atoms with van der Waals surface area (Å²) in [4.78, 5) is 0. The molecule has 9 heavy (non-hydrogen) atoms. The van der Waals surface area contributed by atoms with Crippen LogP contribution in [-0.4, -0.2) is 37.6 Å². The lowest BCUT2D eigenvalue weighted by Gasteiger charge is -2.21. The van der Waals surface area contributed by atoms with Crippen molar-refractivity contribution in [2.24, 2.45) is 0 Å². The predicted molar refractivity (Wildman–Crippen MR) is 28.1 cm³/mol. The summed E-state index contributed by atoms with van der Waals surface area (Å²) in [5.41, 5.74) is 0. The Morgan fingerprint density at radius 1 is 0.889 bits per heavy atom. The summed E-state index contributed by atoms with van der Waals surface area (Å²) in [7, 11) is 0. The highest BCUT2D eigenvalue weighted by Crippen LogP contribution is 2.38. The third-order valence-corrected chi connectivity index (χ3v) is 2.31. The van der Waals surface area contributed by atoms with Gasteiger partial charge in [0.15, 0.2) is 0 Å². The average Bonchev–Trinajstić information content (AvgIpc) is 2.50. The van der Waals surface area contributed by atoms with Crippen LogP contribution < -0.4 is 0 Å². The van der Waals surface area contributed by atoms with Crippen LogP contribution in [0.2, 0.25) is 0 Å². The van der Waals surface area contributed by atoms with E-state index >= 15 is 0 Å². The van der Waals surface area contributed by atoms with Crippen molar-refractivity contribution in [1.29, 1.82) is 0 Å². The van der Waals surface area contributed by atoms with E-state index in [2.05, 4.69) is 0 Å². The van der Waals surface area contributed by atoms with Crippen LogP contribution in [0.4, 0.5) is 0 Å². The fraction of sp³-hybridized carbons (Fsp3) is 1.00. The highest BCUT2D eigenvalue weighted by molar-refractivity contribution is 5.02. The van der Waals surface area contributed by atoms with Gasteiger partial charge in [0.25, 0.3) is 0 Å². The molecule has 0 spiro atoms. The quantitative estimate of drug-likeness (QED) is 0.442. The first-order valence-electron chi connectivity index (χ1n) is 3.34. The summed E-state index contributed by atoms with van der Waals surface area (Å²) in [6.07, 6.45) is 1.06. The molecule has 0 aromatic heterocycles. The van der Waals surface area contributed by atoms with Gasteiger partial charge in [0.2, 0.25) is 0 Å². The van der Waals surface area contributed by atoms with Gasteiger partial charge in [0, 0.05) is 0 Å². The van der Waals surface area contributed by atoms with Gasteiger partial charge in [-0.2, -0.15) is 0 Å². The van der Waals surface area contributed by atoms with E-state index in [4.69, 9.17) is 14.2 Å². The molecule has 3 heteroatoms. The lowest BCUT2D eigenvalue weighted by molar-refractivity contribution is -0.128. The maximum absolute atomic E-state index is 5.51. The maximum Gasteiger partial charge on any atom is 0.115 e. The van der Waals surface area contributed by atoms with Gasteiger partial charge in [0.05, 0.1) is 13.2 Å². The molecule has 1 unspecified atom stereocenters. The third kappa shape index (κ3) is 0.407. The molecule has 3 aliphatic heterocycles. The summed E-state index contributed by atoms with van der Waals surface area (Å²) >= 11 is 0. The molecule has 0 saturated carbocycles. The van der Waals surface area contributed by atoms with Gasteiger partial charge in [-0.1, -0.05) is 0 Å². The molecule has 3 fully saturated rings. The molecule has 3 aliphatic rings. The Balaban J connectivity index is 2.02. The number of hydrogen-bond donors (Lipinski definition) is 0. The van der Waals surface area contributed by atoms with Crippen LogP contribution in [0, 0.1) is 0 Å². The molecular weight excluding hydrogens is 120 g/mol. The monoisotopic (exact) mass is 128 g/mol. The Kier molecular flexibility index (Phi) is 0.678. The molecule has 3 nitrogen and oxygen atoms in total. The first kappa shape index (κ1) is 4.66. The van der Waals surface area contributed by atoms with Crippen LogP contribution in [0.5, 0.6) is 0 Å². The maximum atomic E-state index is 5.51. The number of rotatable bonds is 0. The van der Waals surface area contributed by atoms with Crippen LogP contribution in [-0.2, 0) is 14.2 Å². The molecule has 0 amide bonds. The van der Waals surface area contributed by atoms with Crippen molar-refractivity contribution >= 4 is 0 Å². The van der Waals surface area contributed by atoms with E-state index in [1.54, 1.807) is 0 Å². The zero-order valence-corrected chi connectivity index (χ0v) is 4.95. The number of ether oxygens (including phenoxy) is 3. The summed E-state index contributed by atoms with van der Waals surface area (Å²) in [6.45, 7) is 1.48. The van der Waals surface area contributed by atoms with Gasteiger partial charge in [-0.05, 0) is 0 Å². The summed E-state index contributed by atoms with van der Waals surface area (Å²) in [5.74, 6) is 0. The highest BCUT2D eigenvalue weighted by atomic mass is 16.7. The second kappa shape index (κ2) is 1.31. The SMILES string of the molecule is C1O[C@H]2C3OC[C@H]2O[C@H]13. The standard InChI is InChI=1S/C6H8O3/c1-3-5-6(7-1)4(9-3)2-8-5/h3-6H,1-2H2/t3-,4-,5-,6?/m1/s1. The van der Waals surface area contributed by atoms with Crippen molar-refractivity contribution in [1.82, 2.24) is 0 Å². The molecule has 0 N–H and O–H groups in total. The van der Waals surface area contributed by atoms with Gasteiger partial charge in [-0.25, -0.2) is 0 Å². The van der Waals surface area contributed by atoms with E-state index in [1.807, 2.05) is 0 Å². The van der Waals surface area contributed by atoms with Crippen molar-refractivity contribution in [3.05, 3.63) is 0 Å². The van der Waals surface area contributed by atoms with Gasteiger partial charge in [-0.15, -0.1) is 0 Å². The molecule has 0 radical (unpaired) electrons. The molecule has 0 aromatic rings. The van der Waals surface area contributed by atoms with Crippen molar-refractivity contribution in [3.63, 3.8) is 0 Å². The Labute approximate surface area is 52.9 Å². The van der Waals surface area contributed by atoms with E-state index in [0.717, 1.165) is 13.2 Å². The minimum atomic E-state index is 0.258. The van der Waals surface area contributed by atoms with E-state index in [0.29, 0.717) is 0 Å². The Bertz CT molecular complexity index is 131. The van der Waals surface area contributed by atoms with E-state index < -0.39 is 0 Å². The zero-order chi connectivity index (χ0) is 5.84. The minimum Gasteiger partial charge on any atom is -0.370 e.